The van der Waals surface area contributed by atoms with Gasteiger partial charge in [0.15, 0.2) is 5.11 Å². The summed E-state index contributed by atoms with van der Waals surface area (Å²) < 4.78 is 7.86. The van der Waals surface area contributed by atoms with Gasteiger partial charge in [-0.1, -0.05) is 6.07 Å². The van der Waals surface area contributed by atoms with Crippen molar-refractivity contribution in [2.45, 2.75) is 25.6 Å². The van der Waals surface area contributed by atoms with Gasteiger partial charge in [-0.3, -0.25) is 9.97 Å². The van der Waals surface area contributed by atoms with Crippen molar-refractivity contribution < 1.29 is 4.42 Å². The maximum atomic E-state index is 5.76. The maximum Gasteiger partial charge on any atom is 0.170 e. The smallest absolute Gasteiger partial charge is 0.170 e. The molecule has 6 nitrogen and oxygen atoms in total. The van der Waals surface area contributed by atoms with Gasteiger partial charge in [0.25, 0.3) is 0 Å². The summed E-state index contributed by atoms with van der Waals surface area (Å²) in [5, 5.41) is 4.18. The molecule has 0 radical (unpaired) electrons. The van der Waals surface area contributed by atoms with Gasteiger partial charge in [0.1, 0.15) is 5.76 Å². The fourth-order valence-electron chi connectivity index (χ4n) is 4.10. The second-order valence-electron chi connectivity index (χ2n) is 7.28. The lowest BCUT2D eigenvalue weighted by Crippen LogP contribution is -2.30. The molecule has 1 fully saturated rings. The van der Waals surface area contributed by atoms with Crippen LogP contribution in [0.25, 0.3) is 5.69 Å². The van der Waals surface area contributed by atoms with Crippen LogP contribution in [0.5, 0.6) is 0 Å². The molecule has 0 amide bonds. The van der Waals surface area contributed by atoms with E-state index in [4.69, 9.17) is 16.6 Å². The van der Waals surface area contributed by atoms with Gasteiger partial charge in [-0.05, 0) is 67.7 Å². The van der Waals surface area contributed by atoms with E-state index < -0.39 is 0 Å². The van der Waals surface area contributed by atoms with Crippen molar-refractivity contribution in [1.82, 2.24) is 24.8 Å². The topological polar surface area (TPSA) is 59.1 Å². The highest BCUT2D eigenvalue weighted by Gasteiger charge is 2.41. The number of furan rings is 1. The first-order valence-electron chi connectivity index (χ1n) is 9.81. The minimum atomic E-state index is -0.0848. The lowest BCUT2D eigenvalue weighted by molar-refractivity contribution is 0.280. The second kappa shape index (κ2) is 7.76. The molecule has 0 aliphatic carbocycles. The summed E-state index contributed by atoms with van der Waals surface area (Å²) in [7, 11) is 0. The van der Waals surface area contributed by atoms with Crippen molar-refractivity contribution in [1.29, 1.82) is 0 Å². The summed E-state index contributed by atoms with van der Waals surface area (Å²) in [6, 6.07) is 18.0. The van der Waals surface area contributed by atoms with Crippen molar-refractivity contribution in [3.63, 3.8) is 0 Å². The summed E-state index contributed by atoms with van der Waals surface area (Å²) in [5.41, 5.74) is 4.22. The normalized spacial score (nSPS) is 18.6. The third kappa shape index (κ3) is 3.27. The second-order valence-corrected chi connectivity index (χ2v) is 7.67. The molecule has 0 bridgehead atoms. The minimum absolute atomic E-state index is 0.0635. The van der Waals surface area contributed by atoms with E-state index >= 15 is 0 Å². The van der Waals surface area contributed by atoms with Crippen LogP contribution >= 0.6 is 12.2 Å². The van der Waals surface area contributed by atoms with E-state index in [-0.39, 0.29) is 12.1 Å². The third-order valence-electron chi connectivity index (χ3n) is 5.42. The van der Waals surface area contributed by atoms with Crippen molar-refractivity contribution >= 4 is 17.3 Å². The van der Waals surface area contributed by atoms with Gasteiger partial charge in [-0.15, -0.1) is 0 Å². The third-order valence-corrected chi connectivity index (χ3v) is 5.77. The fourth-order valence-corrected chi connectivity index (χ4v) is 4.40. The molecular weight excluding hydrogens is 394 g/mol. The first-order chi connectivity index (χ1) is 14.7. The zero-order valence-electron chi connectivity index (χ0n) is 16.5. The van der Waals surface area contributed by atoms with Crippen LogP contribution in [0.3, 0.4) is 0 Å². The van der Waals surface area contributed by atoms with E-state index in [2.05, 4.69) is 49.9 Å². The van der Waals surface area contributed by atoms with Gasteiger partial charge in [-0.2, -0.15) is 0 Å². The predicted octanol–water partition coefficient (Wildman–Crippen LogP) is 4.34. The number of aryl methyl sites for hydroxylation is 1. The number of hydrogen-bond acceptors (Lipinski definition) is 4. The van der Waals surface area contributed by atoms with Crippen LogP contribution in [0.4, 0.5) is 0 Å². The average molecular weight is 416 g/mol. The van der Waals surface area contributed by atoms with E-state index in [0.29, 0.717) is 11.7 Å². The molecule has 1 N–H and O–H groups in total. The van der Waals surface area contributed by atoms with E-state index in [1.165, 1.54) is 0 Å². The van der Waals surface area contributed by atoms with Crippen LogP contribution in [0, 0.1) is 6.92 Å². The molecule has 0 spiro atoms. The number of rotatable bonds is 5. The zero-order valence-corrected chi connectivity index (χ0v) is 17.3. The summed E-state index contributed by atoms with van der Waals surface area (Å²) in [4.78, 5) is 11.1. The Kier molecular flexibility index (Phi) is 4.80. The zero-order chi connectivity index (χ0) is 20.5. The first-order valence-corrected chi connectivity index (χ1v) is 10.2. The van der Waals surface area contributed by atoms with E-state index in [1.54, 1.807) is 12.5 Å². The molecule has 1 saturated heterocycles. The average Bonchev–Trinajstić information content (AvgIpc) is 3.50. The first kappa shape index (κ1) is 18.6. The SMILES string of the molecule is Cc1ccc([C@@H]2[C@@H](c3ccccn3)NC(=S)N2Cc2ccco2)n1-c1cccnc1. The molecule has 0 unspecified atom stereocenters. The molecule has 150 valence electrons. The summed E-state index contributed by atoms with van der Waals surface area (Å²) >= 11 is 5.76. The van der Waals surface area contributed by atoms with E-state index in [0.717, 1.165) is 28.5 Å². The molecular formula is C23H21N5OS. The maximum absolute atomic E-state index is 5.76. The number of aromatic nitrogens is 3. The summed E-state index contributed by atoms with van der Waals surface area (Å²) in [5.74, 6) is 0.863. The summed E-state index contributed by atoms with van der Waals surface area (Å²) in [6.45, 7) is 2.67. The Morgan fingerprint density at radius 2 is 2.00 bits per heavy atom. The molecule has 4 aromatic heterocycles. The van der Waals surface area contributed by atoms with Crippen LogP contribution in [0.15, 0.2) is 83.9 Å². The Hall–Kier alpha value is -3.45. The predicted molar refractivity (Wildman–Crippen MR) is 118 cm³/mol. The summed E-state index contributed by atoms with van der Waals surface area (Å²) in [6.07, 6.45) is 7.17. The number of hydrogen-bond donors (Lipinski definition) is 1. The Morgan fingerprint density at radius 3 is 2.73 bits per heavy atom. The Morgan fingerprint density at radius 1 is 1.07 bits per heavy atom. The lowest BCUT2D eigenvalue weighted by atomic mass is 10.0. The number of nitrogens with one attached hydrogen (secondary N) is 1. The molecule has 5 rings (SSSR count). The largest absolute Gasteiger partial charge is 0.467 e. The molecule has 1 aliphatic heterocycles. The lowest BCUT2D eigenvalue weighted by Gasteiger charge is -2.28. The van der Waals surface area contributed by atoms with E-state index in [9.17, 15) is 0 Å². The van der Waals surface area contributed by atoms with Crippen LogP contribution in [0.2, 0.25) is 0 Å². The Bertz CT molecular complexity index is 1140. The molecule has 5 heterocycles. The number of pyridine rings is 2. The van der Waals surface area contributed by atoms with Gasteiger partial charge in [0, 0.05) is 23.8 Å². The van der Waals surface area contributed by atoms with Crippen molar-refractivity contribution in [3.05, 3.63) is 102 Å². The van der Waals surface area contributed by atoms with Crippen LogP contribution < -0.4 is 5.32 Å². The molecule has 1 aliphatic rings. The van der Waals surface area contributed by atoms with Crippen LogP contribution in [-0.4, -0.2) is 24.5 Å². The minimum Gasteiger partial charge on any atom is -0.467 e. The highest BCUT2D eigenvalue weighted by Crippen LogP contribution is 2.40. The van der Waals surface area contributed by atoms with Crippen LogP contribution in [0.1, 0.15) is 34.9 Å². The van der Waals surface area contributed by atoms with Gasteiger partial charge < -0.3 is 19.2 Å². The Labute approximate surface area is 180 Å². The molecule has 0 saturated carbocycles. The van der Waals surface area contributed by atoms with Crippen molar-refractivity contribution in [2.75, 3.05) is 0 Å². The fraction of sp³-hybridized carbons (Fsp3) is 0.174. The number of thiocarbonyl (C=S) groups is 1. The molecule has 30 heavy (non-hydrogen) atoms. The molecule has 0 aromatic carbocycles. The van der Waals surface area contributed by atoms with Crippen molar-refractivity contribution in [2.24, 2.45) is 0 Å². The number of nitrogens with zero attached hydrogens (tertiary/aromatic N) is 4. The monoisotopic (exact) mass is 415 g/mol. The Balaban J connectivity index is 1.64. The molecule has 2 atom stereocenters. The van der Waals surface area contributed by atoms with Gasteiger partial charge in [0.05, 0.1) is 42.5 Å². The van der Waals surface area contributed by atoms with E-state index in [1.807, 2.05) is 48.8 Å². The molecule has 4 aromatic rings. The van der Waals surface area contributed by atoms with Gasteiger partial charge in [0.2, 0.25) is 0 Å². The van der Waals surface area contributed by atoms with Crippen molar-refractivity contribution in [3.8, 4) is 5.69 Å². The standard InChI is InChI=1S/C23H21N5OS/c1-16-9-10-20(28(16)17-6-4-11-24-14-17)22-21(19-8-2-3-12-25-19)26-23(30)27(22)15-18-7-5-13-29-18/h2-14,21-22H,15H2,1H3,(H,26,30)/t21-,22-/m1/s1. The van der Waals surface area contributed by atoms with Gasteiger partial charge in [-0.25, -0.2) is 0 Å². The quantitative estimate of drug-likeness (QED) is 0.489. The highest BCUT2D eigenvalue weighted by atomic mass is 32.1. The van der Waals surface area contributed by atoms with Gasteiger partial charge >= 0.3 is 0 Å². The highest BCUT2D eigenvalue weighted by molar-refractivity contribution is 7.80. The van der Waals surface area contributed by atoms with Crippen LogP contribution in [-0.2, 0) is 6.54 Å². The molecule has 7 heteroatoms.